The molecular formula is C11H9FN2O3. The quantitative estimate of drug-likeness (QED) is 0.692. The molecule has 0 aromatic heterocycles. The fourth-order valence-electron chi connectivity index (χ4n) is 1.14. The predicted octanol–water partition coefficient (Wildman–Crippen LogP) is 1.28. The van der Waals surface area contributed by atoms with Gasteiger partial charge in [0.15, 0.2) is 0 Å². The molecule has 1 aromatic carbocycles. The second-order valence-electron chi connectivity index (χ2n) is 2.98. The van der Waals surface area contributed by atoms with Crippen LogP contribution in [0.5, 0.6) is 0 Å². The van der Waals surface area contributed by atoms with E-state index in [2.05, 4.69) is 16.6 Å². The van der Waals surface area contributed by atoms with Crippen molar-refractivity contribution in [3.05, 3.63) is 29.6 Å². The van der Waals surface area contributed by atoms with E-state index in [0.29, 0.717) is 0 Å². The van der Waals surface area contributed by atoms with Gasteiger partial charge in [-0.3, -0.25) is 0 Å². The first-order chi connectivity index (χ1) is 8.06. The second kappa shape index (κ2) is 5.51. The molecule has 0 atom stereocenters. The Bertz CT molecular complexity index is 494. The first kappa shape index (κ1) is 12.5. The fraction of sp³-hybridized carbons (Fsp3) is 0.0909. The first-order valence-corrected chi connectivity index (χ1v) is 4.56. The van der Waals surface area contributed by atoms with E-state index in [0.717, 1.165) is 6.07 Å². The Labute approximate surface area is 96.6 Å². The van der Waals surface area contributed by atoms with Crippen LogP contribution < -0.4 is 10.6 Å². The van der Waals surface area contributed by atoms with Gasteiger partial charge in [-0.25, -0.2) is 14.0 Å². The number of halogens is 1. The molecule has 6 heteroatoms. The normalized spacial score (nSPS) is 9.18. The predicted molar refractivity (Wildman–Crippen MR) is 59.2 cm³/mol. The number of carboxylic acid groups (broad SMARTS) is 1. The van der Waals surface area contributed by atoms with Crippen molar-refractivity contribution in [1.29, 1.82) is 0 Å². The average Bonchev–Trinajstić information content (AvgIpc) is 2.25. The van der Waals surface area contributed by atoms with Crippen molar-refractivity contribution < 1.29 is 19.1 Å². The van der Waals surface area contributed by atoms with Crippen molar-refractivity contribution in [3.63, 3.8) is 0 Å². The number of terminal acetylenes is 1. The third kappa shape index (κ3) is 3.21. The number of benzene rings is 1. The molecule has 0 fully saturated rings. The van der Waals surface area contributed by atoms with Gasteiger partial charge in [0.1, 0.15) is 11.4 Å². The summed E-state index contributed by atoms with van der Waals surface area (Å²) in [6, 6.07) is 2.87. The highest BCUT2D eigenvalue weighted by Crippen LogP contribution is 2.18. The fourth-order valence-corrected chi connectivity index (χ4v) is 1.14. The molecule has 17 heavy (non-hydrogen) atoms. The summed E-state index contributed by atoms with van der Waals surface area (Å²) in [5, 5.41) is 13.3. The number of carbonyl (C=O) groups is 2. The molecule has 0 unspecified atom stereocenters. The van der Waals surface area contributed by atoms with Crippen LogP contribution in [0.4, 0.5) is 14.9 Å². The molecule has 0 aliphatic heterocycles. The molecular weight excluding hydrogens is 227 g/mol. The maximum absolute atomic E-state index is 13.2. The van der Waals surface area contributed by atoms with Gasteiger partial charge >= 0.3 is 12.0 Å². The lowest BCUT2D eigenvalue weighted by Gasteiger charge is -2.08. The minimum atomic E-state index is -1.46. The summed E-state index contributed by atoms with van der Waals surface area (Å²) in [5.74, 6) is -0.216. The van der Waals surface area contributed by atoms with Crippen molar-refractivity contribution in [2.75, 3.05) is 11.9 Å². The SMILES string of the molecule is C#CCNC(=O)Nc1cccc(F)c1C(=O)O. The Morgan fingerprint density at radius 2 is 2.18 bits per heavy atom. The number of rotatable bonds is 3. The molecule has 0 saturated carbocycles. The van der Waals surface area contributed by atoms with Crippen molar-refractivity contribution in [3.8, 4) is 12.3 Å². The molecule has 1 aromatic rings. The molecule has 88 valence electrons. The number of urea groups is 1. The second-order valence-corrected chi connectivity index (χ2v) is 2.98. The zero-order chi connectivity index (χ0) is 12.8. The summed E-state index contributed by atoms with van der Waals surface area (Å²) in [6.45, 7) is -0.0104. The number of hydrogen-bond acceptors (Lipinski definition) is 2. The summed E-state index contributed by atoms with van der Waals surface area (Å²) in [7, 11) is 0. The number of amides is 2. The molecule has 0 spiro atoms. The van der Waals surface area contributed by atoms with Crippen molar-refractivity contribution in [2.24, 2.45) is 0 Å². The summed E-state index contributed by atoms with van der Waals surface area (Å²) in [4.78, 5) is 22.0. The van der Waals surface area contributed by atoms with E-state index in [9.17, 15) is 14.0 Å². The molecule has 0 saturated heterocycles. The zero-order valence-electron chi connectivity index (χ0n) is 8.66. The van der Waals surface area contributed by atoms with Crippen molar-refractivity contribution in [2.45, 2.75) is 0 Å². The summed E-state index contributed by atoms with van der Waals surface area (Å²) in [6.07, 6.45) is 4.93. The van der Waals surface area contributed by atoms with Gasteiger partial charge in [0.25, 0.3) is 0 Å². The molecule has 3 N–H and O–H groups in total. The van der Waals surface area contributed by atoms with E-state index in [1.54, 1.807) is 0 Å². The average molecular weight is 236 g/mol. The van der Waals surface area contributed by atoms with Crippen molar-refractivity contribution in [1.82, 2.24) is 5.32 Å². The molecule has 0 radical (unpaired) electrons. The van der Waals surface area contributed by atoms with E-state index in [1.807, 2.05) is 0 Å². The van der Waals surface area contributed by atoms with Crippen LogP contribution in [-0.4, -0.2) is 23.7 Å². The Morgan fingerprint density at radius 1 is 1.47 bits per heavy atom. The highest BCUT2D eigenvalue weighted by molar-refractivity contribution is 6.00. The summed E-state index contributed by atoms with van der Waals surface area (Å²) >= 11 is 0. The number of anilines is 1. The monoisotopic (exact) mass is 236 g/mol. The number of hydrogen-bond donors (Lipinski definition) is 3. The minimum absolute atomic E-state index is 0.0104. The van der Waals surface area contributed by atoms with E-state index >= 15 is 0 Å². The number of carbonyl (C=O) groups excluding carboxylic acids is 1. The Hall–Kier alpha value is -2.55. The number of carboxylic acids is 1. The maximum atomic E-state index is 13.2. The molecule has 0 bridgehead atoms. The van der Waals surface area contributed by atoms with Gasteiger partial charge in [-0.05, 0) is 12.1 Å². The van der Waals surface area contributed by atoms with Gasteiger partial charge in [0.05, 0.1) is 12.2 Å². The van der Waals surface area contributed by atoms with Crippen LogP contribution in [0.2, 0.25) is 0 Å². The lowest BCUT2D eigenvalue weighted by atomic mass is 10.1. The van der Waals surface area contributed by atoms with Gasteiger partial charge in [0.2, 0.25) is 0 Å². The number of nitrogens with one attached hydrogen (secondary N) is 2. The van der Waals surface area contributed by atoms with Crippen LogP contribution in [-0.2, 0) is 0 Å². The van der Waals surface area contributed by atoms with E-state index in [4.69, 9.17) is 11.5 Å². The largest absolute Gasteiger partial charge is 0.478 e. The van der Waals surface area contributed by atoms with Crippen LogP contribution in [0, 0.1) is 18.2 Å². The smallest absolute Gasteiger partial charge is 0.340 e. The first-order valence-electron chi connectivity index (χ1n) is 4.56. The summed E-state index contributed by atoms with van der Waals surface area (Å²) in [5.41, 5.74) is -0.727. The van der Waals surface area contributed by atoms with Crippen LogP contribution in [0.25, 0.3) is 0 Å². The molecule has 0 aliphatic rings. The van der Waals surface area contributed by atoms with Crippen molar-refractivity contribution >= 4 is 17.7 Å². The van der Waals surface area contributed by atoms with E-state index in [-0.39, 0.29) is 12.2 Å². The lowest BCUT2D eigenvalue weighted by Crippen LogP contribution is -2.29. The van der Waals surface area contributed by atoms with Gasteiger partial charge in [-0.15, -0.1) is 6.42 Å². The van der Waals surface area contributed by atoms with E-state index < -0.39 is 23.4 Å². The number of aromatic carboxylic acids is 1. The third-order valence-electron chi connectivity index (χ3n) is 1.83. The standard InChI is InChI=1S/C11H9FN2O3/c1-2-6-13-11(17)14-8-5-3-4-7(12)9(8)10(15)16/h1,3-5H,6H2,(H,15,16)(H2,13,14,17). The van der Waals surface area contributed by atoms with Crippen LogP contribution >= 0.6 is 0 Å². The molecule has 2 amide bonds. The molecule has 0 aliphatic carbocycles. The Balaban J connectivity index is 2.92. The minimum Gasteiger partial charge on any atom is -0.478 e. The molecule has 0 heterocycles. The molecule has 5 nitrogen and oxygen atoms in total. The highest BCUT2D eigenvalue weighted by atomic mass is 19.1. The van der Waals surface area contributed by atoms with E-state index in [1.165, 1.54) is 12.1 Å². The Kier molecular flexibility index (Phi) is 4.06. The highest BCUT2D eigenvalue weighted by Gasteiger charge is 2.16. The van der Waals surface area contributed by atoms with Crippen LogP contribution in [0.3, 0.4) is 0 Å². The lowest BCUT2D eigenvalue weighted by molar-refractivity contribution is 0.0693. The topological polar surface area (TPSA) is 78.4 Å². The van der Waals surface area contributed by atoms with Crippen LogP contribution in [0.1, 0.15) is 10.4 Å². The van der Waals surface area contributed by atoms with Gasteiger partial charge in [-0.2, -0.15) is 0 Å². The molecule has 1 rings (SSSR count). The zero-order valence-corrected chi connectivity index (χ0v) is 8.66. The maximum Gasteiger partial charge on any atom is 0.340 e. The third-order valence-corrected chi connectivity index (χ3v) is 1.83. The van der Waals surface area contributed by atoms with Gasteiger partial charge in [-0.1, -0.05) is 12.0 Å². The summed E-state index contributed by atoms with van der Waals surface area (Å²) < 4.78 is 13.2. The van der Waals surface area contributed by atoms with Gasteiger partial charge < -0.3 is 15.7 Å². The van der Waals surface area contributed by atoms with Gasteiger partial charge in [0, 0.05) is 0 Å². The van der Waals surface area contributed by atoms with Crippen LogP contribution in [0.15, 0.2) is 18.2 Å². The Morgan fingerprint density at radius 3 is 2.76 bits per heavy atom.